The summed E-state index contributed by atoms with van der Waals surface area (Å²) >= 11 is 0. The first kappa shape index (κ1) is 16.1. The van der Waals surface area contributed by atoms with E-state index in [-0.39, 0.29) is 6.03 Å². The third-order valence-corrected chi connectivity index (χ3v) is 4.88. The average molecular weight is 316 g/mol. The number of carbonyl (C=O) groups is 1. The quantitative estimate of drug-likeness (QED) is 0.888. The Bertz CT molecular complexity index is 488. The number of pyridine rings is 1. The van der Waals surface area contributed by atoms with E-state index in [1.54, 1.807) is 6.20 Å². The number of hydrogen-bond acceptors (Lipinski definition) is 3. The lowest BCUT2D eigenvalue weighted by molar-refractivity contribution is 0.244. The Hall–Kier alpha value is -1.78. The summed E-state index contributed by atoms with van der Waals surface area (Å²) in [6.45, 7) is 2.17. The minimum Gasteiger partial charge on any atom is -0.357 e. The molecule has 1 aliphatic heterocycles. The molecular weight excluding hydrogens is 288 g/mol. The highest BCUT2D eigenvalue weighted by atomic mass is 16.2. The molecule has 2 N–H and O–H groups in total. The van der Waals surface area contributed by atoms with Crippen LogP contribution in [0, 0.1) is 0 Å². The molecule has 3 rings (SSSR count). The molecule has 0 spiro atoms. The molecule has 0 atom stereocenters. The Morgan fingerprint density at radius 1 is 1.00 bits per heavy atom. The van der Waals surface area contributed by atoms with Gasteiger partial charge in [0, 0.05) is 19.1 Å². The standard InChI is InChI=1S/C18H28N4O/c23-18(20-15-8-4-3-5-9-15)21-16-10-11-17(19-14-16)22-12-6-1-2-7-13-22/h10-11,14-15H,1-9,12-13H2,(H2,20,21,23). The SMILES string of the molecule is O=C(Nc1ccc(N2CCCCCC2)nc1)NC1CCCCC1. The first-order valence-corrected chi connectivity index (χ1v) is 9.10. The minimum absolute atomic E-state index is 0.110. The molecule has 1 saturated heterocycles. The van der Waals surface area contributed by atoms with E-state index in [4.69, 9.17) is 0 Å². The van der Waals surface area contributed by atoms with Crippen molar-refractivity contribution >= 4 is 17.5 Å². The molecule has 2 amide bonds. The van der Waals surface area contributed by atoms with Crippen molar-refractivity contribution in [2.45, 2.75) is 63.8 Å². The zero-order valence-corrected chi connectivity index (χ0v) is 13.9. The van der Waals surface area contributed by atoms with Crippen molar-refractivity contribution in [2.24, 2.45) is 0 Å². The fourth-order valence-corrected chi connectivity index (χ4v) is 3.55. The smallest absolute Gasteiger partial charge is 0.319 e. The van der Waals surface area contributed by atoms with Crippen LogP contribution in [0.5, 0.6) is 0 Å². The Kier molecular flexibility index (Phi) is 5.72. The first-order valence-electron chi connectivity index (χ1n) is 9.10. The van der Waals surface area contributed by atoms with Gasteiger partial charge in [-0.2, -0.15) is 0 Å². The van der Waals surface area contributed by atoms with Crippen LogP contribution in [0.25, 0.3) is 0 Å². The van der Waals surface area contributed by atoms with E-state index in [1.807, 2.05) is 12.1 Å². The van der Waals surface area contributed by atoms with Gasteiger partial charge in [-0.25, -0.2) is 9.78 Å². The molecule has 1 saturated carbocycles. The third kappa shape index (κ3) is 4.85. The molecule has 23 heavy (non-hydrogen) atoms. The van der Waals surface area contributed by atoms with Gasteiger partial charge in [0.15, 0.2) is 0 Å². The summed E-state index contributed by atoms with van der Waals surface area (Å²) in [6.07, 6.45) is 12.8. The monoisotopic (exact) mass is 316 g/mol. The number of carbonyl (C=O) groups excluding carboxylic acids is 1. The van der Waals surface area contributed by atoms with Crippen molar-refractivity contribution in [2.75, 3.05) is 23.3 Å². The maximum atomic E-state index is 12.1. The highest BCUT2D eigenvalue weighted by Crippen LogP contribution is 2.20. The zero-order chi connectivity index (χ0) is 15.9. The Labute approximate surface area is 138 Å². The molecule has 2 aliphatic rings. The summed E-state index contributed by atoms with van der Waals surface area (Å²) in [5, 5.41) is 5.97. The van der Waals surface area contributed by atoms with E-state index < -0.39 is 0 Å². The van der Waals surface area contributed by atoms with E-state index in [0.29, 0.717) is 6.04 Å². The van der Waals surface area contributed by atoms with Gasteiger partial charge in [-0.1, -0.05) is 32.1 Å². The van der Waals surface area contributed by atoms with Crippen LogP contribution >= 0.6 is 0 Å². The van der Waals surface area contributed by atoms with E-state index in [9.17, 15) is 4.79 Å². The van der Waals surface area contributed by atoms with Crippen molar-refractivity contribution < 1.29 is 4.79 Å². The lowest BCUT2D eigenvalue weighted by Crippen LogP contribution is -2.39. The van der Waals surface area contributed by atoms with Crippen LogP contribution < -0.4 is 15.5 Å². The second kappa shape index (κ2) is 8.18. The summed E-state index contributed by atoms with van der Waals surface area (Å²) < 4.78 is 0. The molecule has 0 bridgehead atoms. The fourth-order valence-electron chi connectivity index (χ4n) is 3.55. The van der Waals surface area contributed by atoms with Gasteiger partial charge in [-0.3, -0.25) is 0 Å². The number of urea groups is 1. The van der Waals surface area contributed by atoms with Crippen molar-refractivity contribution in [1.82, 2.24) is 10.3 Å². The van der Waals surface area contributed by atoms with E-state index >= 15 is 0 Å². The van der Waals surface area contributed by atoms with Crippen LogP contribution in [0.15, 0.2) is 18.3 Å². The normalized spacial score (nSPS) is 19.9. The van der Waals surface area contributed by atoms with Crippen molar-refractivity contribution in [3.8, 4) is 0 Å². The van der Waals surface area contributed by atoms with E-state index in [1.165, 1.54) is 44.9 Å². The maximum absolute atomic E-state index is 12.1. The molecule has 5 heteroatoms. The van der Waals surface area contributed by atoms with E-state index in [0.717, 1.165) is 37.4 Å². The van der Waals surface area contributed by atoms with Gasteiger partial charge >= 0.3 is 6.03 Å². The summed E-state index contributed by atoms with van der Waals surface area (Å²) in [4.78, 5) is 18.9. The summed E-state index contributed by atoms with van der Waals surface area (Å²) in [5.41, 5.74) is 0.761. The maximum Gasteiger partial charge on any atom is 0.319 e. The van der Waals surface area contributed by atoms with Gasteiger partial charge in [0.05, 0.1) is 11.9 Å². The highest BCUT2D eigenvalue weighted by Gasteiger charge is 2.16. The molecule has 0 unspecified atom stereocenters. The second-order valence-electron chi connectivity index (χ2n) is 6.74. The van der Waals surface area contributed by atoms with Gasteiger partial charge < -0.3 is 15.5 Å². The molecular formula is C18H28N4O. The number of anilines is 2. The molecule has 2 fully saturated rings. The van der Waals surface area contributed by atoms with Gasteiger partial charge in [0.2, 0.25) is 0 Å². The number of nitrogens with zero attached hydrogens (tertiary/aromatic N) is 2. The molecule has 1 aromatic rings. The predicted octanol–water partition coefficient (Wildman–Crippen LogP) is 3.92. The van der Waals surface area contributed by atoms with Crippen LogP contribution in [0.4, 0.5) is 16.3 Å². The molecule has 5 nitrogen and oxygen atoms in total. The number of nitrogens with one attached hydrogen (secondary N) is 2. The fraction of sp³-hybridized carbons (Fsp3) is 0.667. The Morgan fingerprint density at radius 3 is 2.35 bits per heavy atom. The van der Waals surface area contributed by atoms with Crippen LogP contribution in [0.2, 0.25) is 0 Å². The Balaban J connectivity index is 1.51. The molecule has 2 heterocycles. The predicted molar refractivity (Wildman–Crippen MR) is 93.9 cm³/mol. The van der Waals surface area contributed by atoms with E-state index in [2.05, 4.69) is 20.5 Å². The number of hydrogen-bond donors (Lipinski definition) is 2. The van der Waals surface area contributed by atoms with Crippen molar-refractivity contribution in [3.05, 3.63) is 18.3 Å². The Morgan fingerprint density at radius 2 is 1.70 bits per heavy atom. The molecule has 1 aliphatic carbocycles. The van der Waals surface area contributed by atoms with Crippen LogP contribution in [0.1, 0.15) is 57.8 Å². The average Bonchev–Trinajstić information content (AvgIpc) is 2.86. The third-order valence-electron chi connectivity index (χ3n) is 4.88. The van der Waals surface area contributed by atoms with Crippen molar-refractivity contribution in [1.29, 1.82) is 0 Å². The molecule has 0 radical (unpaired) electrons. The molecule has 126 valence electrons. The highest BCUT2D eigenvalue weighted by molar-refractivity contribution is 5.89. The molecule has 0 aromatic carbocycles. The minimum atomic E-state index is -0.110. The van der Waals surface area contributed by atoms with Crippen LogP contribution in [0.3, 0.4) is 0 Å². The molecule has 1 aromatic heterocycles. The van der Waals surface area contributed by atoms with Gasteiger partial charge in [-0.15, -0.1) is 0 Å². The second-order valence-corrected chi connectivity index (χ2v) is 6.74. The number of aromatic nitrogens is 1. The van der Waals surface area contributed by atoms with Crippen LogP contribution in [-0.2, 0) is 0 Å². The largest absolute Gasteiger partial charge is 0.357 e. The first-order chi connectivity index (χ1) is 11.3. The zero-order valence-electron chi connectivity index (χ0n) is 13.9. The number of rotatable bonds is 3. The lowest BCUT2D eigenvalue weighted by atomic mass is 9.96. The topological polar surface area (TPSA) is 57.3 Å². The van der Waals surface area contributed by atoms with Gasteiger partial charge in [0.25, 0.3) is 0 Å². The summed E-state index contributed by atoms with van der Waals surface area (Å²) in [6, 6.07) is 4.18. The van der Waals surface area contributed by atoms with Gasteiger partial charge in [-0.05, 0) is 37.8 Å². The van der Waals surface area contributed by atoms with Gasteiger partial charge in [0.1, 0.15) is 5.82 Å². The van der Waals surface area contributed by atoms with Crippen LogP contribution in [-0.4, -0.2) is 30.1 Å². The number of amides is 2. The summed E-state index contributed by atoms with van der Waals surface area (Å²) in [5.74, 6) is 1.02. The van der Waals surface area contributed by atoms with Crippen molar-refractivity contribution in [3.63, 3.8) is 0 Å². The summed E-state index contributed by atoms with van der Waals surface area (Å²) in [7, 11) is 0. The lowest BCUT2D eigenvalue weighted by Gasteiger charge is -2.23.